The van der Waals surface area contributed by atoms with Crippen LogP contribution in [0.5, 0.6) is 0 Å². The average molecular weight is 453 g/mol. The monoisotopic (exact) mass is 452 g/mol. The second-order valence-electron chi connectivity index (χ2n) is 7.79. The number of carbonyl (C=O) groups is 2. The maximum atomic E-state index is 12.7. The van der Waals surface area contributed by atoms with Gasteiger partial charge in [0.15, 0.2) is 0 Å². The molecule has 0 radical (unpaired) electrons. The minimum Gasteiger partial charge on any atom is -0.366 e. The van der Waals surface area contributed by atoms with Crippen LogP contribution >= 0.6 is 11.6 Å². The van der Waals surface area contributed by atoms with E-state index in [1.54, 1.807) is 16.8 Å². The standard InChI is InChI=1S/C23H25ClN6O2/c1-16-13-17(2)30(27-16)15-22(31)29-11-9-28(10-12-29)20-6-4-3-5-19(20)26-23(32)18-7-8-21(24)25-14-18/h3-8,13-14H,9-12,15H2,1-2H3,(H,26,32). The van der Waals surface area contributed by atoms with Gasteiger partial charge in [-0.05, 0) is 44.2 Å². The number of anilines is 2. The summed E-state index contributed by atoms with van der Waals surface area (Å²) in [5, 5.41) is 7.69. The summed E-state index contributed by atoms with van der Waals surface area (Å²) in [7, 11) is 0. The molecule has 3 aromatic rings. The summed E-state index contributed by atoms with van der Waals surface area (Å²) in [6, 6.07) is 12.9. The number of amides is 2. The molecule has 0 saturated carbocycles. The lowest BCUT2D eigenvalue weighted by Crippen LogP contribution is -2.49. The molecule has 0 aliphatic carbocycles. The zero-order chi connectivity index (χ0) is 22.7. The zero-order valence-electron chi connectivity index (χ0n) is 18.1. The van der Waals surface area contributed by atoms with E-state index in [2.05, 4.69) is 20.3 Å². The molecule has 1 N–H and O–H groups in total. The Balaban J connectivity index is 1.39. The lowest BCUT2D eigenvalue weighted by atomic mass is 10.2. The van der Waals surface area contributed by atoms with Crippen LogP contribution in [0.2, 0.25) is 5.15 Å². The molecule has 2 aromatic heterocycles. The first-order chi connectivity index (χ1) is 15.4. The topological polar surface area (TPSA) is 83.4 Å². The highest BCUT2D eigenvalue weighted by Crippen LogP contribution is 2.27. The van der Waals surface area contributed by atoms with Crippen LogP contribution in [0.4, 0.5) is 11.4 Å². The Labute approximate surface area is 191 Å². The molecule has 1 aliphatic heterocycles. The number of aryl methyl sites for hydroxylation is 2. The number of hydrogen-bond donors (Lipinski definition) is 1. The van der Waals surface area contributed by atoms with Crippen molar-refractivity contribution in [3.8, 4) is 0 Å². The van der Waals surface area contributed by atoms with Gasteiger partial charge in [-0.15, -0.1) is 0 Å². The largest absolute Gasteiger partial charge is 0.366 e. The number of piperazine rings is 1. The first-order valence-electron chi connectivity index (χ1n) is 10.5. The minimum absolute atomic E-state index is 0.0627. The van der Waals surface area contributed by atoms with E-state index >= 15 is 0 Å². The van der Waals surface area contributed by atoms with Crippen molar-refractivity contribution in [2.75, 3.05) is 36.4 Å². The third kappa shape index (κ3) is 4.91. The molecular formula is C23H25ClN6O2. The summed E-state index contributed by atoms with van der Waals surface area (Å²) in [6.45, 7) is 6.71. The Morgan fingerprint density at radius 3 is 2.47 bits per heavy atom. The third-order valence-electron chi connectivity index (χ3n) is 5.50. The Morgan fingerprint density at radius 2 is 1.81 bits per heavy atom. The molecule has 1 aliphatic rings. The van der Waals surface area contributed by atoms with Crippen LogP contribution in [0.25, 0.3) is 0 Å². The quantitative estimate of drug-likeness (QED) is 0.601. The molecule has 166 valence electrons. The number of hydrogen-bond acceptors (Lipinski definition) is 5. The summed E-state index contributed by atoms with van der Waals surface area (Å²) in [5.74, 6) is -0.187. The molecule has 1 saturated heterocycles. The first kappa shape index (κ1) is 21.8. The molecule has 2 amide bonds. The molecule has 9 heteroatoms. The van der Waals surface area contributed by atoms with Crippen molar-refractivity contribution in [2.45, 2.75) is 20.4 Å². The number of pyridine rings is 1. The number of para-hydroxylation sites is 2. The molecule has 8 nitrogen and oxygen atoms in total. The van der Waals surface area contributed by atoms with Crippen molar-refractivity contribution < 1.29 is 9.59 Å². The Bertz CT molecular complexity index is 1120. The minimum atomic E-state index is -0.250. The maximum absolute atomic E-state index is 12.7. The Kier molecular flexibility index (Phi) is 6.41. The molecule has 3 heterocycles. The maximum Gasteiger partial charge on any atom is 0.257 e. The second kappa shape index (κ2) is 9.40. The fourth-order valence-corrected chi connectivity index (χ4v) is 3.93. The van der Waals surface area contributed by atoms with E-state index in [1.807, 2.05) is 49.1 Å². The molecule has 32 heavy (non-hydrogen) atoms. The van der Waals surface area contributed by atoms with Crippen LogP contribution in [0, 0.1) is 13.8 Å². The predicted molar refractivity (Wildman–Crippen MR) is 124 cm³/mol. The van der Waals surface area contributed by atoms with Gasteiger partial charge in [0.25, 0.3) is 5.91 Å². The van der Waals surface area contributed by atoms with Gasteiger partial charge in [0.1, 0.15) is 11.7 Å². The number of aromatic nitrogens is 3. The van der Waals surface area contributed by atoms with E-state index in [4.69, 9.17) is 11.6 Å². The molecule has 0 unspecified atom stereocenters. The van der Waals surface area contributed by atoms with Crippen molar-refractivity contribution in [3.05, 3.63) is 70.8 Å². The Morgan fingerprint density at radius 1 is 1.06 bits per heavy atom. The lowest BCUT2D eigenvalue weighted by molar-refractivity contribution is -0.132. The molecule has 4 rings (SSSR count). The van der Waals surface area contributed by atoms with E-state index < -0.39 is 0 Å². The van der Waals surface area contributed by atoms with Crippen LogP contribution < -0.4 is 10.2 Å². The first-order valence-corrected chi connectivity index (χ1v) is 10.8. The van der Waals surface area contributed by atoms with Gasteiger partial charge < -0.3 is 15.1 Å². The smallest absolute Gasteiger partial charge is 0.257 e. The van der Waals surface area contributed by atoms with Crippen LogP contribution in [0.1, 0.15) is 21.7 Å². The van der Waals surface area contributed by atoms with Crippen molar-refractivity contribution in [3.63, 3.8) is 0 Å². The number of nitrogens with one attached hydrogen (secondary N) is 1. The van der Waals surface area contributed by atoms with Crippen LogP contribution in [-0.2, 0) is 11.3 Å². The van der Waals surface area contributed by atoms with Crippen molar-refractivity contribution in [2.24, 2.45) is 0 Å². The highest BCUT2D eigenvalue weighted by molar-refractivity contribution is 6.29. The van der Waals surface area contributed by atoms with E-state index in [0.29, 0.717) is 36.9 Å². The molecule has 1 aromatic carbocycles. The molecule has 0 bridgehead atoms. The van der Waals surface area contributed by atoms with Crippen molar-refractivity contribution >= 4 is 34.8 Å². The Hall–Kier alpha value is -3.39. The predicted octanol–water partition coefficient (Wildman–Crippen LogP) is 3.15. The summed E-state index contributed by atoms with van der Waals surface area (Å²) in [4.78, 5) is 33.4. The summed E-state index contributed by atoms with van der Waals surface area (Å²) in [5.41, 5.74) is 3.97. The third-order valence-corrected chi connectivity index (χ3v) is 5.73. The SMILES string of the molecule is Cc1cc(C)n(CC(=O)N2CCN(c3ccccc3NC(=O)c3ccc(Cl)nc3)CC2)n1. The summed E-state index contributed by atoms with van der Waals surface area (Å²) < 4.78 is 1.75. The molecule has 1 fully saturated rings. The van der Waals surface area contributed by atoms with Crippen molar-refractivity contribution in [1.29, 1.82) is 0 Å². The highest BCUT2D eigenvalue weighted by atomic mass is 35.5. The highest BCUT2D eigenvalue weighted by Gasteiger charge is 2.23. The van der Waals surface area contributed by atoms with E-state index in [9.17, 15) is 9.59 Å². The van der Waals surface area contributed by atoms with Crippen LogP contribution in [-0.4, -0.2) is 57.7 Å². The summed E-state index contributed by atoms with van der Waals surface area (Å²) >= 11 is 5.81. The molecular weight excluding hydrogens is 428 g/mol. The van der Waals surface area contributed by atoms with Gasteiger partial charge in [-0.2, -0.15) is 5.10 Å². The van der Waals surface area contributed by atoms with Crippen molar-refractivity contribution in [1.82, 2.24) is 19.7 Å². The van der Waals surface area contributed by atoms with E-state index in [-0.39, 0.29) is 18.4 Å². The van der Waals surface area contributed by atoms with Gasteiger partial charge >= 0.3 is 0 Å². The average Bonchev–Trinajstić information content (AvgIpc) is 3.11. The van der Waals surface area contributed by atoms with Gasteiger partial charge in [-0.1, -0.05) is 23.7 Å². The van der Waals surface area contributed by atoms with E-state index in [0.717, 1.165) is 22.8 Å². The zero-order valence-corrected chi connectivity index (χ0v) is 18.8. The number of carbonyl (C=O) groups excluding carboxylic acids is 2. The van der Waals surface area contributed by atoms with Gasteiger partial charge in [0.2, 0.25) is 5.91 Å². The van der Waals surface area contributed by atoms with Gasteiger partial charge in [-0.25, -0.2) is 4.98 Å². The van der Waals surface area contributed by atoms with Crippen LogP contribution in [0.15, 0.2) is 48.7 Å². The number of halogens is 1. The lowest BCUT2D eigenvalue weighted by Gasteiger charge is -2.37. The fraction of sp³-hybridized carbons (Fsp3) is 0.304. The number of rotatable bonds is 5. The fourth-order valence-electron chi connectivity index (χ4n) is 3.82. The van der Waals surface area contributed by atoms with Gasteiger partial charge in [-0.3, -0.25) is 14.3 Å². The normalized spacial score (nSPS) is 13.8. The van der Waals surface area contributed by atoms with E-state index in [1.165, 1.54) is 6.20 Å². The van der Waals surface area contributed by atoms with Gasteiger partial charge in [0, 0.05) is 38.1 Å². The van der Waals surface area contributed by atoms with Crippen LogP contribution in [0.3, 0.4) is 0 Å². The molecule has 0 atom stereocenters. The number of benzene rings is 1. The number of nitrogens with zero attached hydrogens (tertiary/aromatic N) is 5. The summed E-state index contributed by atoms with van der Waals surface area (Å²) in [6.07, 6.45) is 1.45. The van der Waals surface area contributed by atoms with Gasteiger partial charge in [0.05, 0.1) is 22.6 Å². The second-order valence-corrected chi connectivity index (χ2v) is 8.18. The molecule has 0 spiro atoms.